The van der Waals surface area contributed by atoms with Crippen molar-refractivity contribution < 1.29 is 13.2 Å². The lowest BCUT2D eigenvalue weighted by atomic mass is 10.3. The first-order chi connectivity index (χ1) is 9.50. The van der Waals surface area contributed by atoms with Crippen molar-refractivity contribution in [2.24, 2.45) is 5.92 Å². The highest BCUT2D eigenvalue weighted by Crippen LogP contribution is 2.29. The first-order valence-electron chi connectivity index (χ1n) is 6.62. The molecule has 3 N–H and O–H groups in total. The van der Waals surface area contributed by atoms with Crippen LogP contribution in [0.15, 0.2) is 23.1 Å². The van der Waals surface area contributed by atoms with Crippen molar-refractivity contribution in [3.05, 3.63) is 23.2 Å². The lowest BCUT2D eigenvalue weighted by Crippen LogP contribution is -2.26. The van der Waals surface area contributed by atoms with Crippen molar-refractivity contribution in [1.82, 2.24) is 4.72 Å². The number of anilines is 1. The van der Waals surface area contributed by atoms with Crippen LogP contribution in [0.5, 0.6) is 0 Å². The SMILES string of the molecule is Nc1cccc(Cl)c1S(=O)(=O)NCCCOCC1CC1. The summed E-state index contributed by atoms with van der Waals surface area (Å²) in [6, 6.07) is 4.63. The Hall–Kier alpha value is -0.820. The second kappa shape index (κ2) is 6.76. The van der Waals surface area contributed by atoms with E-state index in [1.807, 2.05) is 0 Å². The Morgan fingerprint density at radius 3 is 2.80 bits per heavy atom. The summed E-state index contributed by atoms with van der Waals surface area (Å²) < 4.78 is 32.1. The summed E-state index contributed by atoms with van der Waals surface area (Å²) >= 11 is 5.89. The van der Waals surface area contributed by atoms with Gasteiger partial charge >= 0.3 is 0 Å². The molecule has 0 aromatic heterocycles. The van der Waals surface area contributed by atoms with Crippen LogP contribution < -0.4 is 10.5 Å². The number of ether oxygens (including phenoxy) is 1. The van der Waals surface area contributed by atoms with E-state index in [1.54, 1.807) is 6.07 Å². The Kier molecular flexibility index (Phi) is 5.26. The minimum atomic E-state index is -3.68. The van der Waals surface area contributed by atoms with Gasteiger partial charge in [-0.2, -0.15) is 0 Å². The fourth-order valence-corrected chi connectivity index (χ4v) is 3.54. The summed E-state index contributed by atoms with van der Waals surface area (Å²) in [6.45, 7) is 1.64. The van der Waals surface area contributed by atoms with Crippen molar-refractivity contribution in [2.45, 2.75) is 24.2 Å². The number of nitrogens with two attached hydrogens (primary N) is 1. The van der Waals surface area contributed by atoms with Gasteiger partial charge in [0.1, 0.15) is 4.90 Å². The number of rotatable bonds is 8. The summed E-state index contributed by atoms with van der Waals surface area (Å²) in [5, 5.41) is 0.127. The lowest BCUT2D eigenvalue weighted by molar-refractivity contribution is 0.123. The van der Waals surface area contributed by atoms with E-state index < -0.39 is 10.0 Å². The van der Waals surface area contributed by atoms with Crippen LogP contribution in [0.25, 0.3) is 0 Å². The maximum absolute atomic E-state index is 12.1. The lowest BCUT2D eigenvalue weighted by Gasteiger charge is -2.10. The zero-order valence-electron chi connectivity index (χ0n) is 11.1. The Morgan fingerprint density at radius 1 is 1.40 bits per heavy atom. The van der Waals surface area contributed by atoms with Crippen LogP contribution >= 0.6 is 11.6 Å². The molecule has 0 heterocycles. The Bertz CT molecular complexity index is 538. The third kappa shape index (κ3) is 4.34. The number of halogens is 1. The monoisotopic (exact) mass is 318 g/mol. The highest BCUT2D eigenvalue weighted by molar-refractivity contribution is 7.89. The minimum absolute atomic E-state index is 0.0550. The van der Waals surface area contributed by atoms with Gasteiger partial charge in [0.2, 0.25) is 10.0 Å². The van der Waals surface area contributed by atoms with Crippen molar-refractivity contribution in [1.29, 1.82) is 0 Å². The molecule has 1 fully saturated rings. The average Bonchev–Trinajstić information content (AvgIpc) is 3.17. The molecule has 2 rings (SSSR count). The van der Waals surface area contributed by atoms with E-state index in [9.17, 15) is 8.42 Å². The van der Waals surface area contributed by atoms with Crippen molar-refractivity contribution >= 4 is 27.3 Å². The van der Waals surface area contributed by atoms with Gasteiger partial charge in [-0.25, -0.2) is 13.1 Å². The molecule has 0 spiro atoms. The molecule has 0 aliphatic heterocycles. The molecular weight excluding hydrogens is 300 g/mol. The highest BCUT2D eigenvalue weighted by Gasteiger charge is 2.21. The molecule has 0 unspecified atom stereocenters. The van der Waals surface area contributed by atoms with E-state index in [0.717, 1.165) is 12.5 Å². The van der Waals surface area contributed by atoms with Crippen molar-refractivity contribution in [3.8, 4) is 0 Å². The molecule has 1 saturated carbocycles. The van der Waals surface area contributed by atoms with Gasteiger partial charge in [0, 0.05) is 19.8 Å². The number of nitrogens with one attached hydrogen (secondary N) is 1. The number of hydrogen-bond donors (Lipinski definition) is 2. The van der Waals surface area contributed by atoms with Gasteiger partial charge in [0.15, 0.2) is 0 Å². The first-order valence-corrected chi connectivity index (χ1v) is 8.48. The number of nitrogen functional groups attached to an aromatic ring is 1. The standard InChI is InChI=1S/C13H19ClN2O3S/c14-11-3-1-4-12(15)13(11)20(17,18)16-7-2-8-19-9-10-5-6-10/h1,3-4,10,16H,2,5-9,15H2. The molecule has 1 aliphatic rings. The van der Waals surface area contributed by atoms with Gasteiger partial charge in [-0.3, -0.25) is 0 Å². The van der Waals surface area contributed by atoms with Crippen molar-refractivity contribution in [3.63, 3.8) is 0 Å². The second-order valence-corrected chi connectivity index (χ2v) is 7.04. The van der Waals surface area contributed by atoms with Gasteiger partial charge in [-0.1, -0.05) is 17.7 Å². The molecule has 1 aromatic rings. The molecule has 0 saturated heterocycles. The molecule has 5 nitrogen and oxygen atoms in total. The van der Waals surface area contributed by atoms with E-state index in [1.165, 1.54) is 25.0 Å². The van der Waals surface area contributed by atoms with Crippen LogP contribution in [-0.4, -0.2) is 28.2 Å². The quantitative estimate of drug-likeness (QED) is 0.567. The largest absolute Gasteiger partial charge is 0.398 e. The van der Waals surface area contributed by atoms with Crippen LogP contribution in [0.1, 0.15) is 19.3 Å². The summed E-state index contributed by atoms with van der Waals surface area (Å²) in [4.78, 5) is -0.0550. The normalized spacial score (nSPS) is 15.4. The van der Waals surface area contributed by atoms with Crippen LogP contribution in [0.3, 0.4) is 0 Å². The van der Waals surface area contributed by atoms with Gasteiger partial charge in [-0.05, 0) is 37.3 Å². The Morgan fingerprint density at radius 2 is 2.15 bits per heavy atom. The Balaban J connectivity index is 1.81. The topological polar surface area (TPSA) is 81.4 Å². The molecule has 20 heavy (non-hydrogen) atoms. The molecule has 0 radical (unpaired) electrons. The van der Waals surface area contributed by atoms with Crippen LogP contribution in [0.4, 0.5) is 5.69 Å². The van der Waals surface area contributed by atoms with Crippen LogP contribution in [0.2, 0.25) is 5.02 Å². The number of benzene rings is 1. The third-order valence-electron chi connectivity index (χ3n) is 3.07. The molecule has 112 valence electrons. The predicted octanol–water partition coefficient (Wildman–Crippen LogP) is 2.02. The molecule has 0 amide bonds. The fourth-order valence-electron chi connectivity index (χ4n) is 1.80. The average molecular weight is 319 g/mol. The Labute approximate surface area is 124 Å². The minimum Gasteiger partial charge on any atom is -0.398 e. The predicted molar refractivity (Wildman–Crippen MR) is 79.2 cm³/mol. The van der Waals surface area contributed by atoms with E-state index in [2.05, 4.69) is 4.72 Å². The number of hydrogen-bond acceptors (Lipinski definition) is 4. The maximum Gasteiger partial charge on any atom is 0.244 e. The van der Waals surface area contributed by atoms with Gasteiger partial charge < -0.3 is 10.5 Å². The zero-order chi connectivity index (χ0) is 14.6. The van der Waals surface area contributed by atoms with Gasteiger partial charge in [0.25, 0.3) is 0 Å². The molecule has 7 heteroatoms. The first kappa shape index (κ1) is 15.6. The van der Waals surface area contributed by atoms with E-state index in [0.29, 0.717) is 19.6 Å². The summed E-state index contributed by atoms with van der Waals surface area (Å²) in [6.07, 6.45) is 3.12. The third-order valence-corrected chi connectivity index (χ3v) is 5.08. The van der Waals surface area contributed by atoms with Crippen LogP contribution in [0, 0.1) is 5.92 Å². The summed E-state index contributed by atoms with van der Waals surface area (Å²) in [5.74, 6) is 0.717. The molecular formula is C13H19ClN2O3S. The summed E-state index contributed by atoms with van der Waals surface area (Å²) in [7, 11) is -3.68. The zero-order valence-corrected chi connectivity index (χ0v) is 12.7. The second-order valence-electron chi connectivity index (χ2n) is 4.93. The van der Waals surface area contributed by atoms with Gasteiger partial charge in [0.05, 0.1) is 10.7 Å². The highest BCUT2D eigenvalue weighted by atomic mass is 35.5. The van der Waals surface area contributed by atoms with Gasteiger partial charge in [-0.15, -0.1) is 0 Å². The van der Waals surface area contributed by atoms with E-state index >= 15 is 0 Å². The smallest absolute Gasteiger partial charge is 0.244 e. The molecule has 0 atom stereocenters. The summed E-state index contributed by atoms with van der Waals surface area (Å²) in [5.41, 5.74) is 5.82. The van der Waals surface area contributed by atoms with Crippen LogP contribution in [-0.2, 0) is 14.8 Å². The number of sulfonamides is 1. The fraction of sp³-hybridized carbons (Fsp3) is 0.538. The molecule has 1 aliphatic carbocycles. The van der Waals surface area contributed by atoms with Crippen molar-refractivity contribution in [2.75, 3.05) is 25.5 Å². The van der Waals surface area contributed by atoms with E-state index in [-0.39, 0.29) is 15.6 Å². The molecule has 1 aromatic carbocycles. The van der Waals surface area contributed by atoms with E-state index in [4.69, 9.17) is 22.1 Å². The maximum atomic E-state index is 12.1. The molecule has 0 bridgehead atoms.